The average molecular weight is 114 g/mol. The summed E-state index contributed by atoms with van der Waals surface area (Å²) < 4.78 is 0. The SMILES string of the molecule is CCN(C)C(C)=NC. The van der Waals surface area contributed by atoms with Gasteiger partial charge in [0.25, 0.3) is 0 Å². The molecular formula is C6H14N2. The lowest BCUT2D eigenvalue weighted by atomic mass is 10.5. The second-order valence-electron chi connectivity index (χ2n) is 1.78. The van der Waals surface area contributed by atoms with Crippen LogP contribution in [0.4, 0.5) is 0 Å². The van der Waals surface area contributed by atoms with E-state index in [1.165, 1.54) is 0 Å². The van der Waals surface area contributed by atoms with E-state index in [2.05, 4.69) is 16.8 Å². The van der Waals surface area contributed by atoms with Crippen LogP contribution in [0.5, 0.6) is 0 Å². The fraction of sp³-hybridized carbons (Fsp3) is 0.833. The normalized spacial score (nSPS) is 11.8. The molecule has 0 aromatic heterocycles. The second-order valence-corrected chi connectivity index (χ2v) is 1.78. The maximum atomic E-state index is 4.00. The number of rotatable bonds is 1. The Bertz CT molecular complexity index is 86.5. The highest BCUT2D eigenvalue weighted by molar-refractivity contribution is 5.79. The molecule has 0 aliphatic rings. The zero-order valence-electron chi connectivity index (χ0n) is 6.10. The highest BCUT2D eigenvalue weighted by Crippen LogP contribution is 1.82. The van der Waals surface area contributed by atoms with E-state index in [0.717, 1.165) is 12.4 Å². The van der Waals surface area contributed by atoms with Crippen LogP contribution in [0.15, 0.2) is 4.99 Å². The summed E-state index contributed by atoms with van der Waals surface area (Å²) in [5.41, 5.74) is 0. The van der Waals surface area contributed by atoms with Gasteiger partial charge in [-0.05, 0) is 13.8 Å². The van der Waals surface area contributed by atoms with Gasteiger partial charge < -0.3 is 4.90 Å². The van der Waals surface area contributed by atoms with E-state index in [-0.39, 0.29) is 0 Å². The molecule has 0 aromatic rings. The van der Waals surface area contributed by atoms with Crippen LogP contribution >= 0.6 is 0 Å². The van der Waals surface area contributed by atoms with Gasteiger partial charge in [0, 0.05) is 20.6 Å². The maximum Gasteiger partial charge on any atom is 0.0951 e. The molecule has 0 bridgehead atoms. The Morgan fingerprint density at radius 1 is 1.62 bits per heavy atom. The van der Waals surface area contributed by atoms with Gasteiger partial charge in [-0.15, -0.1) is 0 Å². The van der Waals surface area contributed by atoms with E-state index in [0.29, 0.717) is 0 Å². The van der Waals surface area contributed by atoms with E-state index in [1.807, 2.05) is 21.0 Å². The van der Waals surface area contributed by atoms with Gasteiger partial charge >= 0.3 is 0 Å². The quantitative estimate of drug-likeness (QED) is 0.366. The molecule has 0 radical (unpaired) electrons. The molecule has 0 aromatic carbocycles. The molecule has 0 amide bonds. The van der Waals surface area contributed by atoms with E-state index in [9.17, 15) is 0 Å². The minimum Gasteiger partial charge on any atom is -0.364 e. The van der Waals surface area contributed by atoms with Gasteiger partial charge in [0.15, 0.2) is 0 Å². The number of aliphatic imine (C=N–C) groups is 1. The molecule has 0 spiro atoms. The largest absolute Gasteiger partial charge is 0.364 e. The first kappa shape index (κ1) is 7.47. The van der Waals surface area contributed by atoms with Gasteiger partial charge in [0.05, 0.1) is 5.84 Å². The second kappa shape index (κ2) is 3.47. The number of amidine groups is 1. The molecule has 0 saturated heterocycles. The molecular weight excluding hydrogens is 100 g/mol. The fourth-order valence-electron chi connectivity index (χ4n) is 0.400. The van der Waals surface area contributed by atoms with Crippen molar-refractivity contribution in [3.8, 4) is 0 Å². The first-order valence-corrected chi connectivity index (χ1v) is 2.86. The van der Waals surface area contributed by atoms with Crippen LogP contribution in [0.3, 0.4) is 0 Å². The average Bonchev–Trinajstić information content (AvgIpc) is 1.84. The summed E-state index contributed by atoms with van der Waals surface area (Å²) >= 11 is 0. The van der Waals surface area contributed by atoms with Gasteiger partial charge in [-0.3, -0.25) is 4.99 Å². The van der Waals surface area contributed by atoms with Crippen LogP contribution in [0, 0.1) is 0 Å². The summed E-state index contributed by atoms with van der Waals surface area (Å²) in [6, 6.07) is 0. The molecule has 0 rings (SSSR count). The number of hydrogen-bond acceptors (Lipinski definition) is 1. The third kappa shape index (κ3) is 1.96. The molecule has 0 unspecified atom stereocenters. The Morgan fingerprint density at radius 2 is 2.12 bits per heavy atom. The predicted octanol–water partition coefficient (Wildman–Crippen LogP) is 0.986. The van der Waals surface area contributed by atoms with Crippen LogP contribution in [-0.4, -0.2) is 31.4 Å². The third-order valence-corrected chi connectivity index (χ3v) is 1.35. The third-order valence-electron chi connectivity index (χ3n) is 1.35. The van der Waals surface area contributed by atoms with Crippen LogP contribution in [0.25, 0.3) is 0 Å². The Labute approximate surface area is 51.2 Å². The van der Waals surface area contributed by atoms with Crippen LogP contribution < -0.4 is 0 Å². The van der Waals surface area contributed by atoms with E-state index in [1.54, 1.807) is 0 Å². The number of nitrogens with zero attached hydrogens (tertiary/aromatic N) is 2. The fourth-order valence-corrected chi connectivity index (χ4v) is 0.400. The lowest BCUT2D eigenvalue weighted by Crippen LogP contribution is -2.23. The van der Waals surface area contributed by atoms with Crippen molar-refractivity contribution in [3.05, 3.63) is 0 Å². The van der Waals surface area contributed by atoms with Gasteiger partial charge in [0.1, 0.15) is 0 Å². The summed E-state index contributed by atoms with van der Waals surface area (Å²) in [5, 5.41) is 0. The molecule has 2 nitrogen and oxygen atoms in total. The molecule has 2 heteroatoms. The molecule has 48 valence electrons. The van der Waals surface area contributed by atoms with Crippen LogP contribution in [0.2, 0.25) is 0 Å². The van der Waals surface area contributed by atoms with E-state index < -0.39 is 0 Å². The van der Waals surface area contributed by atoms with E-state index >= 15 is 0 Å². The van der Waals surface area contributed by atoms with Crippen molar-refractivity contribution in [1.29, 1.82) is 0 Å². The Morgan fingerprint density at radius 3 is 2.25 bits per heavy atom. The standard InChI is InChI=1S/C6H14N2/c1-5-8(4)6(2)7-3/h5H2,1-4H3. The van der Waals surface area contributed by atoms with Crippen LogP contribution in [0.1, 0.15) is 13.8 Å². The first-order chi connectivity index (χ1) is 3.72. The molecule has 8 heavy (non-hydrogen) atoms. The Balaban J connectivity index is 3.63. The minimum atomic E-state index is 1.03. The Kier molecular flexibility index (Phi) is 3.24. The van der Waals surface area contributed by atoms with Gasteiger partial charge in [-0.2, -0.15) is 0 Å². The highest BCUT2D eigenvalue weighted by Gasteiger charge is 1.91. The minimum absolute atomic E-state index is 1.03. The molecule has 0 atom stereocenters. The lowest BCUT2D eigenvalue weighted by molar-refractivity contribution is 0.531. The smallest absolute Gasteiger partial charge is 0.0951 e. The summed E-state index contributed by atoms with van der Waals surface area (Å²) in [4.78, 5) is 6.10. The monoisotopic (exact) mass is 114 g/mol. The lowest BCUT2D eigenvalue weighted by Gasteiger charge is -2.14. The van der Waals surface area contributed by atoms with Gasteiger partial charge in [0.2, 0.25) is 0 Å². The molecule has 0 heterocycles. The molecule has 0 saturated carbocycles. The van der Waals surface area contributed by atoms with Crippen molar-refractivity contribution in [1.82, 2.24) is 4.90 Å². The zero-order chi connectivity index (χ0) is 6.57. The van der Waals surface area contributed by atoms with Crippen molar-refractivity contribution in [2.45, 2.75) is 13.8 Å². The van der Waals surface area contributed by atoms with Crippen molar-refractivity contribution in [2.75, 3.05) is 20.6 Å². The number of hydrogen-bond donors (Lipinski definition) is 0. The van der Waals surface area contributed by atoms with Gasteiger partial charge in [-0.25, -0.2) is 0 Å². The summed E-state index contributed by atoms with van der Waals surface area (Å²) in [6.45, 7) is 5.14. The predicted molar refractivity (Wildman–Crippen MR) is 37.3 cm³/mol. The zero-order valence-corrected chi connectivity index (χ0v) is 6.10. The van der Waals surface area contributed by atoms with Gasteiger partial charge in [-0.1, -0.05) is 0 Å². The maximum absolute atomic E-state index is 4.00. The highest BCUT2D eigenvalue weighted by atomic mass is 15.1. The van der Waals surface area contributed by atoms with Crippen molar-refractivity contribution in [2.24, 2.45) is 4.99 Å². The molecule has 0 fully saturated rings. The van der Waals surface area contributed by atoms with Crippen LogP contribution in [-0.2, 0) is 0 Å². The van der Waals surface area contributed by atoms with E-state index in [4.69, 9.17) is 0 Å². The van der Waals surface area contributed by atoms with Crippen molar-refractivity contribution >= 4 is 5.84 Å². The van der Waals surface area contributed by atoms with Crippen molar-refractivity contribution in [3.63, 3.8) is 0 Å². The molecule has 0 N–H and O–H groups in total. The van der Waals surface area contributed by atoms with Crippen molar-refractivity contribution < 1.29 is 0 Å². The molecule has 0 aliphatic heterocycles. The summed E-state index contributed by atoms with van der Waals surface area (Å²) in [7, 11) is 3.84. The summed E-state index contributed by atoms with van der Waals surface area (Å²) in [6.07, 6.45) is 0. The molecule has 0 aliphatic carbocycles. The topological polar surface area (TPSA) is 15.6 Å². The Hall–Kier alpha value is -0.530. The summed E-state index contributed by atoms with van der Waals surface area (Å²) in [5.74, 6) is 1.09. The first-order valence-electron chi connectivity index (χ1n) is 2.86.